The lowest BCUT2D eigenvalue weighted by atomic mass is 10.1. The first-order valence-electron chi connectivity index (χ1n) is 4.73. The van der Waals surface area contributed by atoms with E-state index >= 15 is 0 Å². The van der Waals surface area contributed by atoms with Gasteiger partial charge in [-0.3, -0.25) is 4.68 Å². The van der Waals surface area contributed by atoms with Gasteiger partial charge in [0.05, 0.1) is 6.20 Å². The summed E-state index contributed by atoms with van der Waals surface area (Å²) in [5, 5.41) is 13.5. The van der Waals surface area contributed by atoms with Gasteiger partial charge in [0, 0.05) is 12.1 Å². The molecule has 2 aromatic rings. The van der Waals surface area contributed by atoms with E-state index in [2.05, 4.69) is 5.10 Å². The van der Waals surface area contributed by atoms with Gasteiger partial charge in [0.15, 0.2) is 5.75 Å². The SMILES string of the molecule is CCn1ncc(O)c1-c1ccccc1F. The topological polar surface area (TPSA) is 38.0 Å². The fourth-order valence-electron chi connectivity index (χ4n) is 1.55. The Kier molecular flexibility index (Phi) is 2.41. The van der Waals surface area contributed by atoms with Crippen molar-refractivity contribution in [2.24, 2.45) is 0 Å². The van der Waals surface area contributed by atoms with E-state index in [1.807, 2.05) is 6.92 Å². The minimum Gasteiger partial charge on any atom is -0.504 e. The molecule has 2 rings (SSSR count). The molecule has 1 N–H and O–H groups in total. The van der Waals surface area contributed by atoms with Crippen molar-refractivity contribution in [3.63, 3.8) is 0 Å². The minimum absolute atomic E-state index is 0.00181. The van der Waals surface area contributed by atoms with E-state index in [0.717, 1.165) is 0 Å². The van der Waals surface area contributed by atoms with Crippen LogP contribution in [0.25, 0.3) is 11.3 Å². The van der Waals surface area contributed by atoms with Gasteiger partial charge in [0.1, 0.15) is 11.5 Å². The van der Waals surface area contributed by atoms with Crippen LogP contribution in [0.15, 0.2) is 30.5 Å². The normalized spacial score (nSPS) is 10.5. The first-order valence-corrected chi connectivity index (χ1v) is 4.73. The van der Waals surface area contributed by atoms with Crippen LogP contribution in [0.1, 0.15) is 6.92 Å². The maximum atomic E-state index is 13.5. The highest BCUT2D eigenvalue weighted by Gasteiger charge is 2.14. The quantitative estimate of drug-likeness (QED) is 0.819. The number of benzene rings is 1. The molecular formula is C11H11FN2O. The zero-order valence-electron chi connectivity index (χ0n) is 8.31. The van der Waals surface area contributed by atoms with Crippen LogP contribution < -0.4 is 0 Å². The Hall–Kier alpha value is -1.84. The molecular weight excluding hydrogens is 195 g/mol. The van der Waals surface area contributed by atoms with Crippen LogP contribution in [0.4, 0.5) is 4.39 Å². The molecule has 0 atom stereocenters. The maximum absolute atomic E-state index is 13.5. The molecule has 0 aliphatic rings. The molecule has 0 aliphatic heterocycles. The Morgan fingerprint density at radius 3 is 2.80 bits per heavy atom. The van der Waals surface area contributed by atoms with Crippen LogP contribution >= 0.6 is 0 Å². The second-order valence-corrected chi connectivity index (χ2v) is 3.17. The first kappa shape index (κ1) is 9.71. The lowest BCUT2D eigenvalue weighted by Crippen LogP contribution is -1.99. The Morgan fingerprint density at radius 1 is 1.40 bits per heavy atom. The van der Waals surface area contributed by atoms with Crippen molar-refractivity contribution in [3.05, 3.63) is 36.3 Å². The summed E-state index contributed by atoms with van der Waals surface area (Å²) < 4.78 is 15.1. The Labute approximate surface area is 86.8 Å². The molecule has 0 saturated carbocycles. The second-order valence-electron chi connectivity index (χ2n) is 3.17. The van der Waals surface area contributed by atoms with Gasteiger partial charge in [-0.1, -0.05) is 12.1 Å². The standard InChI is InChI=1S/C11H11FN2O/c1-2-14-11(10(15)7-13-14)8-5-3-4-6-9(8)12/h3-7,15H,2H2,1H3. The summed E-state index contributed by atoms with van der Waals surface area (Å²) in [6.45, 7) is 2.47. The number of hydrogen-bond acceptors (Lipinski definition) is 2. The summed E-state index contributed by atoms with van der Waals surface area (Å²) in [5.41, 5.74) is 0.796. The van der Waals surface area contributed by atoms with Crippen molar-refractivity contribution in [3.8, 4) is 17.0 Å². The Morgan fingerprint density at radius 2 is 2.13 bits per heavy atom. The second kappa shape index (κ2) is 3.73. The lowest BCUT2D eigenvalue weighted by molar-refractivity contribution is 0.475. The summed E-state index contributed by atoms with van der Waals surface area (Å²) in [5.74, 6) is -0.357. The molecule has 0 spiro atoms. The zero-order valence-corrected chi connectivity index (χ0v) is 8.31. The third-order valence-corrected chi connectivity index (χ3v) is 2.25. The third kappa shape index (κ3) is 1.58. The number of aryl methyl sites for hydroxylation is 1. The lowest BCUT2D eigenvalue weighted by Gasteiger charge is -2.06. The van der Waals surface area contributed by atoms with Gasteiger partial charge in [-0.2, -0.15) is 5.10 Å². The molecule has 0 unspecified atom stereocenters. The number of hydrogen-bond donors (Lipinski definition) is 1. The molecule has 0 saturated heterocycles. The Balaban J connectivity index is 2.63. The number of rotatable bonds is 2. The van der Waals surface area contributed by atoms with E-state index in [4.69, 9.17) is 0 Å². The number of halogens is 1. The largest absolute Gasteiger partial charge is 0.504 e. The molecule has 1 aromatic carbocycles. The predicted molar refractivity (Wildman–Crippen MR) is 55.0 cm³/mol. The molecule has 0 aliphatic carbocycles. The van der Waals surface area contributed by atoms with E-state index in [1.54, 1.807) is 22.9 Å². The van der Waals surface area contributed by atoms with E-state index in [0.29, 0.717) is 17.8 Å². The highest BCUT2D eigenvalue weighted by molar-refractivity contribution is 5.66. The van der Waals surface area contributed by atoms with Crippen molar-refractivity contribution in [1.82, 2.24) is 9.78 Å². The molecule has 0 fully saturated rings. The monoisotopic (exact) mass is 206 g/mol. The van der Waals surface area contributed by atoms with Crippen molar-refractivity contribution >= 4 is 0 Å². The third-order valence-electron chi connectivity index (χ3n) is 2.25. The number of aromatic nitrogens is 2. The minimum atomic E-state index is -0.358. The maximum Gasteiger partial charge on any atom is 0.161 e. The van der Waals surface area contributed by atoms with E-state index in [1.165, 1.54) is 12.3 Å². The summed E-state index contributed by atoms with van der Waals surface area (Å²) in [6.07, 6.45) is 1.32. The summed E-state index contributed by atoms with van der Waals surface area (Å²) >= 11 is 0. The highest BCUT2D eigenvalue weighted by Crippen LogP contribution is 2.30. The average Bonchev–Trinajstić information content (AvgIpc) is 2.60. The average molecular weight is 206 g/mol. The smallest absolute Gasteiger partial charge is 0.161 e. The van der Waals surface area contributed by atoms with Gasteiger partial charge in [-0.25, -0.2) is 4.39 Å². The highest BCUT2D eigenvalue weighted by atomic mass is 19.1. The van der Waals surface area contributed by atoms with E-state index in [9.17, 15) is 9.50 Å². The molecule has 4 heteroatoms. The predicted octanol–water partition coefficient (Wildman–Crippen LogP) is 2.41. The summed E-state index contributed by atoms with van der Waals surface area (Å²) in [7, 11) is 0. The molecule has 3 nitrogen and oxygen atoms in total. The molecule has 0 bridgehead atoms. The molecule has 0 radical (unpaired) electrons. The van der Waals surface area contributed by atoms with E-state index < -0.39 is 0 Å². The molecule has 1 aromatic heterocycles. The Bertz CT molecular complexity index is 479. The van der Waals surface area contributed by atoms with Crippen molar-refractivity contribution in [1.29, 1.82) is 0 Å². The van der Waals surface area contributed by atoms with Crippen LogP contribution in [0, 0.1) is 5.82 Å². The van der Waals surface area contributed by atoms with Crippen LogP contribution in [-0.4, -0.2) is 14.9 Å². The van der Waals surface area contributed by atoms with Crippen LogP contribution in [0.2, 0.25) is 0 Å². The fraction of sp³-hybridized carbons (Fsp3) is 0.182. The first-order chi connectivity index (χ1) is 7.24. The molecule has 78 valence electrons. The summed E-state index contributed by atoms with van der Waals surface area (Å²) in [4.78, 5) is 0. The molecule has 1 heterocycles. The fourth-order valence-corrected chi connectivity index (χ4v) is 1.55. The van der Waals surface area contributed by atoms with Crippen LogP contribution in [-0.2, 0) is 6.54 Å². The number of nitrogens with zero attached hydrogens (tertiary/aromatic N) is 2. The van der Waals surface area contributed by atoms with Crippen molar-refractivity contribution < 1.29 is 9.50 Å². The van der Waals surface area contributed by atoms with Gasteiger partial charge >= 0.3 is 0 Å². The van der Waals surface area contributed by atoms with Crippen molar-refractivity contribution in [2.75, 3.05) is 0 Å². The van der Waals surface area contributed by atoms with Gasteiger partial charge in [-0.05, 0) is 19.1 Å². The molecule has 15 heavy (non-hydrogen) atoms. The number of aromatic hydroxyl groups is 1. The summed E-state index contributed by atoms with van der Waals surface area (Å²) in [6, 6.07) is 6.33. The van der Waals surface area contributed by atoms with Crippen molar-refractivity contribution in [2.45, 2.75) is 13.5 Å². The van der Waals surface area contributed by atoms with E-state index in [-0.39, 0.29) is 11.6 Å². The van der Waals surface area contributed by atoms with Crippen LogP contribution in [0.3, 0.4) is 0 Å². The van der Waals surface area contributed by atoms with Gasteiger partial charge in [-0.15, -0.1) is 0 Å². The molecule has 0 amide bonds. The van der Waals surface area contributed by atoms with Gasteiger partial charge < -0.3 is 5.11 Å². The zero-order chi connectivity index (χ0) is 10.8. The van der Waals surface area contributed by atoms with Gasteiger partial charge in [0.25, 0.3) is 0 Å². The van der Waals surface area contributed by atoms with Crippen LogP contribution in [0.5, 0.6) is 5.75 Å². The van der Waals surface area contributed by atoms with Gasteiger partial charge in [0.2, 0.25) is 0 Å².